The van der Waals surface area contributed by atoms with Crippen molar-refractivity contribution in [3.63, 3.8) is 0 Å². The first kappa shape index (κ1) is 14.7. The first-order valence-electron chi connectivity index (χ1n) is 6.52. The first-order chi connectivity index (χ1) is 9.97. The van der Waals surface area contributed by atoms with Crippen LogP contribution in [-0.4, -0.2) is 22.5 Å². The van der Waals surface area contributed by atoms with Crippen molar-refractivity contribution in [2.45, 2.75) is 20.3 Å². The number of nitrogens with one attached hydrogen (secondary N) is 1. The minimum absolute atomic E-state index is 0.0287. The zero-order valence-corrected chi connectivity index (χ0v) is 11.9. The highest BCUT2D eigenvalue weighted by Crippen LogP contribution is 2.24. The monoisotopic (exact) mass is 284 g/mol. The lowest BCUT2D eigenvalue weighted by Crippen LogP contribution is -2.19. The molecule has 5 heteroatoms. The lowest BCUT2D eigenvalue weighted by atomic mass is 10.1. The van der Waals surface area contributed by atoms with E-state index in [9.17, 15) is 14.7 Å². The molecule has 0 aliphatic rings. The maximum absolute atomic E-state index is 12.0. The zero-order chi connectivity index (χ0) is 15.4. The SMILES string of the molecule is CC(=O)CC(C)=NNC(=O)c1cc2ccccc2cc1O. The maximum Gasteiger partial charge on any atom is 0.275 e. The van der Waals surface area contributed by atoms with Crippen LogP contribution < -0.4 is 5.43 Å². The van der Waals surface area contributed by atoms with E-state index in [0.717, 1.165) is 10.8 Å². The number of phenolic OH excluding ortho intramolecular Hbond substituents is 1. The van der Waals surface area contributed by atoms with Gasteiger partial charge in [-0.25, -0.2) is 5.43 Å². The number of aromatic hydroxyl groups is 1. The molecule has 0 unspecified atom stereocenters. The summed E-state index contributed by atoms with van der Waals surface area (Å²) in [6.45, 7) is 3.11. The highest BCUT2D eigenvalue weighted by molar-refractivity contribution is 6.03. The number of hydrogen-bond donors (Lipinski definition) is 2. The molecule has 0 fully saturated rings. The number of amides is 1. The van der Waals surface area contributed by atoms with Crippen LogP contribution in [0.2, 0.25) is 0 Å². The van der Waals surface area contributed by atoms with Gasteiger partial charge in [-0.05, 0) is 36.8 Å². The molecule has 0 radical (unpaired) electrons. The minimum Gasteiger partial charge on any atom is -0.507 e. The molecule has 0 saturated heterocycles. The van der Waals surface area contributed by atoms with E-state index in [1.807, 2.05) is 24.3 Å². The van der Waals surface area contributed by atoms with E-state index in [0.29, 0.717) is 5.71 Å². The topological polar surface area (TPSA) is 78.8 Å². The van der Waals surface area contributed by atoms with Crippen LogP contribution in [0.3, 0.4) is 0 Å². The number of nitrogens with zero attached hydrogens (tertiary/aromatic N) is 1. The molecule has 0 atom stereocenters. The molecule has 1 amide bonds. The predicted octanol–water partition coefficient (Wildman–Crippen LogP) is 2.63. The van der Waals surface area contributed by atoms with Gasteiger partial charge in [-0.15, -0.1) is 0 Å². The molecule has 0 aliphatic carbocycles. The number of benzene rings is 2. The third-order valence-corrected chi connectivity index (χ3v) is 2.96. The molecule has 2 rings (SSSR count). The summed E-state index contributed by atoms with van der Waals surface area (Å²) >= 11 is 0. The summed E-state index contributed by atoms with van der Waals surface area (Å²) in [6.07, 6.45) is 0.185. The Balaban J connectivity index is 2.23. The molecule has 2 aromatic carbocycles. The quantitative estimate of drug-likeness (QED) is 0.669. The summed E-state index contributed by atoms with van der Waals surface area (Å²) in [5.41, 5.74) is 3.00. The molecule has 2 aromatic rings. The lowest BCUT2D eigenvalue weighted by Gasteiger charge is -2.06. The van der Waals surface area contributed by atoms with Crippen molar-refractivity contribution in [1.82, 2.24) is 5.43 Å². The molecule has 0 aliphatic heterocycles. The van der Waals surface area contributed by atoms with Crippen molar-refractivity contribution in [1.29, 1.82) is 0 Å². The van der Waals surface area contributed by atoms with Crippen molar-refractivity contribution >= 4 is 28.2 Å². The Kier molecular flexibility index (Phi) is 4.33. The van der Waals surface area contributed by atoms with Crippen LogP contribution in [0.4, 0.5) is 0 Å². The number of ketones is 1. The van der Waals surface area contributed by atoms with Crippen molar-refractivity contribution in [3.8, 4) is 5.75 Å². The summed E-state index contributed by atoms with van der Waals surface area (Å²) in [6, 6.07) is 10.6. The fraction of sp³-hybridized carbons (Fsp3) is 0.188. The number of carbonyl (C=O) groups is 2. The van der Waals surface area contributed by atoms with Crippen LogP contribution in [0.5, 0.6) is 5.75 Å². The highest BCUT2D eigenvalue weighted by Gasteiger charge is 2.12. The molecule has 0 spiro atoms. The van der Waals surface area contributed by atoms with Gasteiger partial charge in [-0.1, -0.05) is 24.3 Å². The zero-order valence-electron chi connectivity index (χ0n) is 11.9. The molecule has 2 N–H and O–H groups in total. The molecule has 0 bridgehead atoms. The second kappa shape index (κ2) is 6.17. The van der Waals surface area contributed by atoms with Crippen molar-refractivity contribution in [2.24, 2.45) is 5.10 Å². The fourth-order valence-corrected chi connectivity index (χ4v) is 2.02. The molecule has 0 saturated carbocycles. The van der Waals surface area contributed by atoms with Gasteiger partial charge in [0.15, 0.2) is 0 Å². The maximum atomic E-state index is 12.0. The minimum atomic E-state index is -0.513. The Morgan fingerprint density at radius 3 is 2.38 bits per heavy atom. The Hall–Kier alpha value is -2.69. The Bertz CT molecular complexity index is 735. The summed E-state index contributed by atoms with van der Waals surface area (Å²) in [5.74, 6) is -0.647. The second-order valence-electron chi connectivity index (χ2n) is 4.88. The van der Waals surface area contributed by atoms with Crippen molar-refractivity contribution < 1.29 is 14.7 Å². The van der Waals surface area contributed by atoms with Gasteiger partial charge in [-0.2, -0.15) is 5.10 Å². The van der Waals surface area contributed by atoms with Crippen molar-refractivity contribution in [2.75, 3.05) is 0 Å². The average Bonchev–Trinajstić information content (AvgIpc) is 2.43. The molecule has 0 heterocycles. The average molecular weight is 284 g/mol. The van der Waals surface area contributed by atoms with Gasteiger partial charge in [0.05, 0.1) is 5.56 Å². The van der Waals surface area contributed by atoms with Crippen LogP contribution in [0.25, 0.3) is 10.8 Å². The highest BCUT2D eigenvalue weighted by atomic mass is 16.3. The summed E-state index contributed by atoms with van der Waals surface area (Å²) < 4.78 is 0. The van der Waals surface area contributed by atoms with Crippen LogP contribution in [-0.2, 0) is 4.79 Å². The number of hydrogen-bond acceptors (Lipinski definition) is 4. The van der Waals surface area contributed by atoms with Crippen LogP contribution >= 0.6 is 0 Å². The number of rotatable bonds is 4. The predicted molar refractivity (Wildman–Crippen MR) is 81.5 cm³/mol. The van der Waals surface area contributed by atoms with Crippen molar-refractivity contribution in [3.05, 3.63) is 42.0 Å². The molecular formula is C16H16N2O3. The van der Waals surface area contributed by atoms with Gasteiger partial charge < -0.3 is 5.11 Å². The van der Waals surface area contributed by atoms with Gasteiger partial charge in [0.25, 0.3) is 5.91 Å². The molecule has 108 valence electrons. The molecule has 5 nitrogen and oxygen atoms in total. The normalized spacial score (nSPS) is 11.4. The Morgan fingerprint density at radius 2 is 1.76 bits per heavy atom. The fourth-order valence-electron chi connectivity index (χ4n) is 2.02. The standard InChI is InChI=1S/C16H16N2O3/c1-10(7-11(2)19)17-18-16(21)14-8-12-5-3-4-6-13(12)9-15(14)20/h3-6,8-9,20H,7H2,1-2H3,(H,18,21). The van der Waals surface area contributed by atoms with Gasteiger partial charge >= 0.3 is 0 Å². The largest absolute Gasteiger partial charge is 0.507 e. The van der Waals surface area contributed by atoms with E-state index in [1.54, 1.807) is 13.0 Å². The molecule has 21 heavy (non-hydrogen) atoms. The number of phenols is 1. The van der Waals surface area contributed by atoms with Gasteiger partial charge in [0.2, 0.25) is 0 Å². The second-order valence-corrected chi connectivity index (χ2v) is 4.88. The Labute approximate surface area is 122 Å². The number of fused-ring (bicyclic) bond motifs is 1. The molecular weight excluding hydrogens is 268 g/mol. The van der Waals surface area contributed by atoms with Gasteiger partial charge in [-0.3, -0.25) is 9.59 Å². The summed E-state index contributed by atoms with van der Waals surface area (Å²) in [7, 11) is 0. The van der Waals surface area contributed by atoms with Gasteiger partial charge in [0.1, 0.15) is 11.5 Å². The summed E-state index contributed by atoms with van der Waals surface area (Å²) in [4.78, 5) is 23.0. The van der Waals surface area contributed by atoms with Crippen LogP contribution in [0.1, 0.15) is 30.6 Å². The number of Topliss-reactive ketones (excluding diaryl/α,β-unsaturated/α-hetero) is 1. The van der Waals surface area contributed by atoms with E-state index in [4.69, 9.17) is 0 Å². The smallest absolute Gasteiger partial charge is 0.275 e. The van der Waals surface area contributed by atoms with E-state index >= 15 is 0 Å². The van der Waals surface area contributed by atoms with E-state index < -0.39 is 5.91 Å². The molecule has 0 aromatic heterocycles. The Morgan fingerprint density at radius 1 is 1.14 bits per heavy atom. The number of carbonyl (C=O) groups excluding carboxylic acids is 2. The third kappa shape index (κ3) is 3.66. The first-order valence-corrected chi connectivity index (χ1v) is 6.52. The van der Waals surface area contributed by atoms with E-state index in [1.165, 1.54) is 13.0 Å². The third-order valence-electron chi connectivity index (χ3n) is 2.96. The van der Waals surface area contributed by atoms with Gasteiger partial charge in [0, 0.05) is 12.1 Å². The van der Waals surface area contributed by atoms with Crippen LogP contribution in [0.15, 0.2) is 41.5 Å². The van der Waals surface area contributed by atoms with E-state index in [-0.39, 0.29) is 23.5 Å². The summed E-state index contributed by atoms with van der Waals surface area (Å²) in [5, 5.41) is 15.5. The number of hydrazone groups is 1. The lowest BCUT2D eigenvalue weighted by molar-refractivity contribution is -0.115. The van der Waals surface area contributed by atoms with E-state index in [2.05, 4.69) is 10.5 Å². The van der Waals surface area contributed by atoms with Crippen LogP contribution in [0, 0.1) is 0 Å².